The molecule has 0 aliphatic carbocycles. The molecule has 6 nitrogen and oxygen atoms in total. The minimum absolute atomic E-state index is 0.143. The van der Waals surface area contributed by atoms with E-state index in [2.05, 4.69) is 10.5 Å². The number of hydrazone groups is 1. The number of nitrogens with zero attached hydrogens (tertiary/aromatic N) is 3. The van der Waals surface area contributed by atoms with Gasteiger partial charge in [-0.15, -0.1) is 0 Å². The van der Waals surface area contributed by atoms with Crippen molar-refractivity contribution in [2.45, 2.75) is 6.92 Å². The maximum Gasteiger partial charge on any atom is 0.201 e. The van der Waals surface area contributed by atoms with Gasteiger partial charge in [0, 0.05) is 18.1 Å². The van der Waals surface area contributed by atoms with Crippen molar-refractivity contribution in [1.82, 2.24) is 4.57 Å². The molecule has 100 valence electrons. The zero-order valence-electron chi connectivity index (χ0n) is 11.0. The summed E-state index contributed by atoms with van der Waals surface area (Å²) in [6.07, 6.45) is 3.90. The standard InChI is InChI=1S/C14H14N6/c1-10-11(18-19-12(9-15)14(16)17)5-4-6-13(10)20-7-2-3-8-20/h2-8,18H,1H3,(H3,16,17)/b19-12+. The highest BCUT2D eigenvalue weighted by Crippen LogP contribution is 2.22. The van der Waals surface area contributed by atoms with Crippen LogP contribution in [0.1, 0.15) is 5.56 Å². The Labute approximate surface area is 116 Å². The Kier molecular flexibility index (Phi) is 3.82. The molecule has 20 heavy (non-hydrogen) atoms. The van der Waals surface area contributed by atoms with Gasteiger partial charge in [0.05, 0.1) is 5.69 Å². The average Bonchev–Trinajstić information content (AvgIpc) is 2.94. The van der Waals surface area contributed by atoms with Crippen LogP contribution in [-0.4, -0.2) is 16.1 Å². The molecule has 4 N–H and O–H groups in total. The van der Waals surface area contributed by atoms with Gasteiger partial charge in [-0.05, 0) is 36.8 Å². The molecule has 0 radical (unpaired) electrons. The molecule has 0 amide bonds. The molecule has 1 aromatic carbocycles. The van der Waals surface area contributed by atoms with E-state index in [1.165, 1.54) is 0 Å². The molecule has 0 fully saturated rings. The van der Waals surface area contributed by atoms with Crippen molar-refractivity contribution in [2.24, 2.45) is 10.8 Å². The first kappa shape index (κ1) is 13.4. The van der Waals surface area contributed by atoms with Crippen LogP contribution < -0.4 is 11.2 Å². The predicted molar refractivity (Wildman–Crippen MR) is 79.1 cm³/mol. The molecular formula is C14H14N6. The predicted octanol–water partition coefficient (Wildman–Crippen LogP) is 2.01. The summed E-state index contributed by atoms with van der Waals surface area (Å²) in [5.74, 6) is -0.362. The number of nitriles is 1. The number of aromatic nitrogens is 1. The molecule has 0 saturated heterocycles. The summed E-state index contributed by atoms with van der Waals surface area (Å²) in [5, 5.41) is 19.9. The van der Waals surface area contributed by atoms with Gasteiger partial charge in [-0.3, -0.25) is 10.8 Å². The van der Waals surface area contributed by atoms with Crippen LogP contribution in [0.3, 0.4) is 0 Å². The molecular weight excluding hydrogens is 252 g/mol. The summed E-state index contributed by atoms with van der Waals surface area (Å²) in [5.41, 5.74) is 10.6. The lowest BCUT2D eigenvalue weighted by molar-refractivity contribution is 1.06. The fraction of sp³-hybridized carbons (Fsp3) is 0.0714. The number of nitrogens with two attached hydrogens (primary N) is 1. The van der Waals surface area contributed by atoms with Crippen molar-refractivity contribution in [3.8, 4) is 11.8 Å². The smallest absolute Gasteiger partial charge is 0.201 e. The summed E-state index contributed by atoms with van der Waals surface area (Å²) in [4.78, 5) is 0. The van der Waals surface area contributed by atoms with Crippen molar-refractivity contribution in [3.05, 3.63) is 48.3 Å². The van der Waals surface area contributed by atoms with E-state index in [0.29, 0.717) is 0 Å². The fourth-order valence-electron chi connectivity index (χ4n) is 1.78. The molecule has 0 spiro atoms. The normalized spacial score (nSPS) is 10.9. The van der Waals surface area contributed by atoms with E-state index in [1.54, 1.807) is 6.07 Å². The van der Waals surface area contributed by atoms with Crippen LogP contribution in [0.2, 0.25) is 0 Å². The Bertz CT molecular complexity index is 691. The number of amidine groups is 1. The van der Waals surface area contributed by atoms with Crippen molar-refractivity contribution in [1.29, 1.82) is 10.7 Å². The Morgan fingerprint density at radius 2 is 2.05 bits per heavy atom. The zero-order valence-corrected chi connectivity index (χ0v) is 11.0. The molecule has 0 bridgehead atoms. The van der Waals surface area contributed by atoms with Gasteiger partial charge in [-0.2, -0.15) is 10.4 Å². The second kappa shape index (κ2) is 5.71. The molecule has 2 aromatic rings. The van der Waals surface area contributed by atoms with Crippen LogP contribution in [0.25, 0.3) is 5.69 Å². The topological polar surface area (TPSA) is 103 Å². The number of benzene rings is 1. The summed E-state index contributed by atoms with van der Waals surface area (Å²) in [6, 6.07) is 11.4. The molecule has 0 aliphatic heterocycles. The maximum absolute atomic E-state index is 8.80. The molecule has 0 aliphatic rings. The van der Waals surface area contributed by atoms with E-state index < -0.39 is 0 Å². The highest BCUT2D eigenvalue weighted by atomic mass is 15.3. The third kappa shape index (κ3) is 2.67. The Balaban J connectivity index is 2.33. The summed E-state index contributed by atoms with van der Waals surface area (Å²) >= 11 is 0. The lowest BCUT2D eigenvalue weighted by Crippen LogP contribution is -2.22. The SMILES string of the molecule is Cc1c(N/N=C(\C#N)C(=N)N)cccc1-n1cccc1. The Morgan fingerprint density at radius 3 is 2.65 bits per heavy atom. The van der Waals surface area contributed by atoms with Crippen molar-refractivity contribution >= 4 is 17.2 Å². The lowest BCUT2D eigenvalue weighted by Gasteiger charge is -2.11. The van der Waals surface area contributed by atoms with Gasteiger partial charge in [-0.1, -0.05) is 6.07 Å². The number of hydrogen-bond donors (Lipinski definition) is 3. The maximum atomic E-state index is 8.80. The Hall–Kier alpha value is -3.07. The monoisotopic (exact) mass is 266 g/mol. The second-order valence-electron chi connectivity index (χ2n) is 4.14. The molecule has 6 heteroatoms. The molecule has 0 atom stereocenters. The molecule has 1 aromatic heterocycles. The first-order chi connectivity index (χ1) is 9.63. The van der Waals surface area contributed by atoms with E-state index in [4.69, 9.17) is 16.4 Å². The lowest BCUT2D eigenvalue weighted by atomic mass is 10.1. The fourth-order valence-corrected chi connectivity index (χ4v) is 1.78. The third-order valence-corrected chi connectivity index (χ3v) is 2.84. The van der Waals surface area contributed by atoms with Crippen LogP contribution in [-0.2, 0) is 0 Å². The van der Waals surface area contributed by atoms with Gasteiger partial charge < -0.3 is 10.3 Å². The average molecular weight is 266 g/mol. The van der Waals surface area contributed by atoms with Crippen molar-refractivity contribution < 1.29 is 0 Å². The van der Waals surface area contributed by atoms with E-state index in [9.17, 15) is 0 Å². The molecule has 0 unspecified atom stereocenters. The largest absolute Gasteiger partial charge is 0.382 e. The van der Waals surface area contributed by atoms with E-state index in [0.717, 1.165) is 16.9 Å². The van der Waals surface area contributed by atoms with Gasteiger partial charge in [0.15, 0.2) is 5.84 Å². The van der Waals surface area contributed by atoms with Crippen LogP contribution in [0.15, 0.2) is 47.8 Å². The third-order valence-electron chi connectivity index (χ3n) is 2.84. The first-order valence-electron chi connectivity index (χ1n) is 5.94. The summed E-state index contributed by atoms with van der Waals surface area (Å²) in [7, 11) is 0. The van der Waals surface area contributed by atoms with E-state index in [-0.39, 0.29) is 11.5 Å². The minimum Gasteiger partial charge on any atom is -0.382 e. The van der Waals surface area contributed by atoms with Gasteiger partial charge >= 0.3 is 0 Å². The highest BCUT2D eigenvalue weighted by molar-refractivity contribution is 6.45. The number of nitrogens with one attached hydrogen (secondary N) is 2. The molecule has 0 saturated carbocycles. The quantitative estimate of drug-likeness (QED) is 0.448. The van der Waals surface area contributed by atoms with Gasteiger partial charge in [0.1, 0.15) is 6.07 Å². The van der Waals surface area contributed by atoms with E-state index in [1.807, 2.05) is 54.2 Å². The number of anilines is 1. The van der Waals surface area contributed by atoms with E-state index >= 15 is 0 Å². The van der Waals surface area contributed by atoms with Crippen LogP contribution in [0, 0.1) is 23.7 Å². The highest BCUT2D eigenvalue weighted by Gasteiger charge is 2.06. The van der Waals surface area contributed by atoms with Crippen LogP contribution in [0.4, 0.5) is 5.69 Å². The van der Waals surface area contributed by atoms with Crippen molar-refractivity contribution in [2.75, 3.05) is 5.43 Å². The minimum atomic E-state index is -0.362. The van der Waals surface area contributed by atoms with Crippen molar-refractivity contribution in [3.63, 3.8) is 0 Å². The number of hydrogen-bond acceptors (Lipinski definition) is 4. The summed E-state index contributed by atoms with van der Waals surface area (Å²) in [6.45, 7) is 1.95. The zero-order chi connectivity index (χ0) is 14.5. The Morgan fingerprint density at radius 1 is 1.35 bits per heavy atom. The first-order valence-corrected chi connectivity index (χ1v) is 5.94. The van der Waals surface area contributed by atoms with Gasteiger partial charge in [0.2, 0.25) is 5.71 Å². The summed E-state index contributed by atoms with van der Waals surface area (Å²) < 4.78 is 1.99. The van der Waals surface area contributed by atoms with Crippen LogP contribution in [0.5, 0.6) is 0 Å². The molecule has 2 rings (SSSR count). The van der Waals surface area contributed by atoms with Gasteiger partial charge in [-0.25, -0.2) is 0 Å². The molecule has 1 heterocycles. The van der Waals surface area contributed by atoms with Crippen LogP contribution >= 0.6 is 0 Å². The second-order valence-corrected chi connectivity index (χ2v) is 4.14. The van der Waals surface area contributed by atoms with Gasteiger partial charge in [0.25, 0.3) is 0 Å². The number of rotatable bonds is 4.